The number of carbonyl (C=O) groups is 5. The van der Waals surface area contributed by atoms with E-state index in [1.165, 1.54) is 37.5 Å². The molecule has 2 amide bonds. The summed E-state index contributed by atoms with van der Waals surface area (Å²) in [5.41, 5.74) is 3.75. The summed E-state index contributed by atoms with van der Waals surface area (Å²) in [7, 11) is -3.50. The van der Waals surface area contributed by atoms with Gasteiger partial charge in [0.2, 0.25) is 5.91 Å². The van der Waals surface area contributed by atoms with Gasteiger partial charge >= 0.3 is 28.3 Å². The van der Waals surface area contributed by atoms with Crippen LogP contribution in [0.3, 0.4) is 0 Å². The number of carboxylic acids is 2. The number of hydrogen-bond donors (Lipinski definition) is 5. The fourth-order valence-corrected chi connectivity index (χ4v) is 5.83. The Morgan fingerprint density at radius 3 is 2.48 bits per heavy atom. The van der Waals surface area contributed by atoms with Gasteiger partial charge in [0, 0.05) is 30.9 Å². The molecule has 0 radical (unpaired) electrons. The third kappa shape index (κ3) is 7.65. The molecule has 1 fully saturated rings. The fourth-order valence-electron chi connectivity index (χ4n) is 4.06. The predicted octanol–water partition coefficient (Wildman–Crippen LogP) is -0.280. The molecule has 16 nitrogen and oxygen atoms in total. The topological polar surface area (TPSA) is 249 Å². The number of benzene rings is 1. The number of thioether (sulfide) groups is 1. The third-order valence-electron chi connectivity index (χ3n) is 6.08. The Morgan fingerprint density at radius 2 is 1.90 bits per heavy atom. The number of amides is 2. The molecule has 1 saturated heterocycles. The first kappa shape index (κ1) is 32.5. The van der Waals surface area contributed by atoms with Crippen molar-refractivity contribution < 1.29 is 60.8 Å². The zero-order valence-electron chi connectivity index (χ0n) is 21.9. The lowest BCUT2D eigenvalue weighted by Gasteiger charge is -2.55. The highest BCUT2D eigenvalue weighted by Crippen LogP contribution is 2.46. The van der Waals surface area contributed by atoms with E-state index < -0.39 is 69.6 Å². The van der Waals surface area contributed by atoms with Crippen LogP contribution in [-0.2, 0) is 43.8 Å². The Kier molecular flexibility index (Phi) is 10.3. The lowest BCUT2D eigenvalue weighted by Crippen LogP contribution is -2.80. The number of nitrogens with zero attached hydrogens (tertiary/aromatic N) is 1. The van der Waals surface area contributed by atoms with E-state index in [0.29, 0.717) is 5.56 Å². The van der Waals surface area contributed by atoms with E-state index in [-0.39, 0.29) is 36.3 Å². The molecular formula is C24H27N3O13S2. The lowest BCUT2D eigenvalue weighted by molar-refractivity contribution is -0.192. The van der Waals surface area contributed by atoms with Crippen molar-refractivity contribution in [1.29, 1.82) is 0 Å². The second-order valence-corrected chi connectivity index (χ2v) is 11.0. The first-order valence-corrected chi connectivity index (χ1v) is 14.5. The highest BCUT2D eigenvalue weighted by atomic mass is 32.3. The molecule has 228 valence electrons. The Hall–Kier alpha value is -3.97. The van der Waals surface area contributed by atoms with Gasteiger partial charge in [0.05, 0.1) is 0 Å². The number of β-lactam (4-membered cyclic amide) rings is 1. The van der Waals surface area contributed by atoms with Crippen LogP contribution in [0.2, 0.25) is 0 Å². The number of esters is 1. The van der Waals surface area contributed by atoms with E-state index in [2.05, 4.69) is 9.50 Å². The predicted molar refractivity (Wildman–Crippen MR) is 144 cm³/mol. The number of methoxy groups -OCH3 is 1. The van der Waals surface area contributed by atoms with Crippen LogP contribution in [0.25, 0.3) is 6.08 Å². The van der Waals surface area contributed by atoms with Crippen molar-refractivity contribution >= 4 is 58.0 Å². The summed E-state index contributed by atoms with van der Waals surface area (Å²) in [6.45, 7) is -0.453. The van der Waals surface area contributed by atoms with E-state index >= 15 is 0 Å². The number of hydrogen-bond acceptors (Lipinski definition) is 12. The van der Waals surface area contributed by atoms with Crippen molar-refractivity contribution in [3.8, 4) is 5.75 Å². The molecule has 6 N–H and O–H groups in total. The SMILES string of the molecule is CO[C@@]1(NC(=O)CCC[C@@H](N)C(=O)O)C(=O)N2C(C(=O)O)=C(COC(=O)/C=C/c3ccc(OS(=O)(=O)O)cc3)CS[C@@H]21. The molecule has 1 aromatic carbocycles. The van der Waals surface area contributed by atoms with Crippen molar-refractivity contribution in [3.63, 3.8) is 0 Å². The summed E-state index contributed by atoms with van der Waals surface area (Å²) >= 11 is 1.08. The molecule has 0 saturated carbocycles. The van der Waals surface area contributed by atoms with Crippen molar-refractivity contribution in [2.24, 2.45) is 5.73 Å². The van der Waals surface area contributed by atoms with Gasteiger partial charge < -0.3 is 34.9 Å². The van der Waals surface area contributed by atoms with E-state index in [4.69, 9.17) is 24.9 Å². The summed E-state index contributed by atoms with van der Waals surface area (Å²) in [6, 6.07) is 4.13. The molecule has 0 spiro atoms. The summed E-state index contributed by atoms with van der Waals surface area (Å²) in [4.78, 5) is 61.7. The first-order chi connectivity index (χ1) is 19.7. The van der Waals surface area contributed by atoms with E-state index in [1.807, 2.05) is 0 Å². The van der Waals surface area contributed by atoms with Crippen LogP contribution >= 0.6 is 11.8 Å². The van der Waals surface area contributed by atoms with Gasteiger partial charge in [-0.2, -0.15) is 8.42 Å². The number of rotatable bonds is 14. The van der Waals surface area contributed by atoms with Gasteiger partial charge in [-0.05, 0) is 36.6 Å². The number of carbonyl (C=O) groups excluding carboxylic acids is 3. The maximum absolute atomic E-state index is 13.1. The Labute approximate surface area is 243 Å². The van der Waals surface area contributed by atoms with Crippen LogP contribution in [0.15, 0.2) is 41.6 Å². The maximum Gasteiger partial charge on any atom is 0.446 e. The van der Waals surface area contributed by atoms with Gasteiger partial charge in [0.25, 0.3) is 11.6 Å². The second kappa shape index (κ2) is 13.3. The van der Waals surface area contributed by atoms with Crippen LogP contribution in [0.4, 0.5) is 0 Å². The van der Waals surface area contributed by atoms with E-state index in [0.717, 1.165) is 22.7 Å². The average molecular weight is 630 g/mol. The maximum atomic E-state index is 13.1. The van der Waals surface area contributed by atoms with Crippen LogP contribution in [-0.4, -0.2) is 94.4 Å². The molecule has 0 aromatic heterocycles. The highest BCUT2D eigenvalue weighted by Gasteiger charge is 2.66. The minimum absolute atomic E-state index is 0.0246. The fraction of sp³-hybridized carbons (Fsp3) is 0.375. The van der Waals surface area contributed by atoms with Gasteiger partial charge in [-0.25, -0.2) is 9.59 Å². The molecule has 18 heteroatoms. The highest BCUT2D eigenvalue weighted by molar-refractivity contribution is 8.00. The molecule has 1 aromatic rings. The third-order valence-corrected chi connectivity index (χ3v) is 7.85. The van der Waals surface area contributed by atoms with Crippen LogP contribution < -0.4 is 15.2 Å². The molecule has 2 aliphatic heterocycles. The zero-order chi connectivity index (χ0) is 31.2. The van der Waals surface area contributed by atoms with Crippen LogP contribution in [0.1, 0.15) is 24.8 Å². The lowest BCUT2D eigenvalue weighted by atomic mass is 9.97. The molecule has 0 bridgehead atoms. The number of fused-ring (bicyclic) bond motifs is 1. The Morgan fingerprint density at radius 1 is 1.24 bits per heavy atom. The molecule has 3 rings (SSSR count). The quantitative estimate of drug-likeness (QED) is 0.0583. The van der Waals surface area contributed by atoms with Crippen molar-refractivity contribution in [2.75, 3.05) is 19.5 Å². The molecule has 3 atom stereocenters. The van der Waals surface area contributed by atoms with Crippen molar-refractivity contribution in [1.82, 2.24) is 10.2 Å². The molecule has 2 heterocycles. The summed E-state index contributed by atoms with van der Waals surface area (Å²) in [6.07, 6.45) is 2.40. The summed E-state index contributed by atoms with van der Waals surface area (Å²) < 4.78 is 44.9. The van der Waals surface area contributed by atoms with Crippen molar-refractivity contribution in [3.05, 3.63) is 47.2 Å². The number of aliphatic carboxylic acids is 2. The zero-order valence-corrected chi connectivity index (χ0v) is 23.6. The number of nitrogens with one attached hydrogen (secondary N) is 1. The molecule has 0 unspecified atom stereocenters. The average Bonchev–Trinajstić information content (AvgIpc) is 2.92. The Bertz CT molecular complexity index is 1430. The second-order valence-electron chi connectivity index (χ2n) is 8.94. The van der Waals surface area contributed by atoms with Gasteiger partial charge in [-0.3, -0.25) is 23.8 Å². The largest absolute Gasteiger partial charge is 0.480 e. The van der Waals surface area contributed by atoms with Crippen molar-refractivity contribution in [2.45, 2.75) is 36.4 Å². The number of carboxylic acid groups (broad SMARTS) is 2. The Balaban J connectivity index is 1.63. The molecule has 2 aliphatic rings. The smallest absolute Gasteiger partial charge is 0.446 e. The normalized spacial score (nSPS) is 20.9. The van der Waals surface area contributed by atoms with E-state index in [9.17, 15) is 37.5 Å². The number of ether oxygens (including phenoxy) is 2. The van der Waals surface area contributed by atoms with E-state index in [1.54, 1.807) is 0 Å². The standard InChI is InChI=1S/C24H27N3O13S2/c1-38-24(26-17(28)4-2-3-16(25)20(30)31)22(34)27-19(21(32)33)14(12-41-23(24)27)11-39-18(29)10-7-13-5-8-15(9-6-13)40-42(35,36)37/h5-10,16,23H,2-4,11-12,25H2,1H3,(H,26,28)(H,30,31)(H,32,33)(H,35,36,37)/b10-7+/t16-,23-,24+/m1/s1. The van der Waals surface area contributed by atoms with Gasteiger partial charge in [0.15, 0.2) is 0 Å². The molecular weight excluding hydrogens is 602 g/mol. The van der Waals surface area contributed by atoms with Gasteiger partial charge in [-0.1, -0.05) is 12.1 Å². The molecule has 0 aliphatic carbocycles. The summed E-state index contributed by atoms with van der Waals surface area (Å²) in [5.74, 6) is -5.10. The number of nitrogens with two attached hydrogens (primary N) is 1. The van der Waals surface area contributed by atoms with Gasteiger partial charge in [-0.15, -0.1) is 11.8 Å². The van der Waals surface area contributed by atoms with Gasteiger partial charge in [0.1, 0.15) is 29.5 Å². The van der Waals surface area contributed by atoms with Crippen LogP contribution in [0, 0.1) is 0 Å². The molecule has 42 heavy (non-hydrogen) atoms. The minimum atomic E-state index is -4.68. The first-order valence-electron chi connectivity index (χ1n) is 12.1. The minimum Gasteiger partial charge on any atom is -0.480 e. The van der Waals surface area contributed by atoms with Crippen LogP contribution in [0.5, 0.6) is 5.75 Å². The monoisotopic (exact) mass is 629 g/mol. The summed E-state index contributed by atoms with van der Waals surface area (Å²) in [5, 5.41) is 20.2.